The molecule has 0 aliphatic carbocycles. The van der Waals surface area contributed by atoms with Crippen molar-refractivity contribution in [3.8, 4) is 0 Å². The van der Waals surface area contributed by atoms with Crippen LogP contribution in [-0.2, 0) is 6.61 Å². The molecule has 1 nitrogen and oxygen atoms in total. The van der Waals surface area contributed by atoms with E-state index in [-0.39, 0.29) is 6.61 Å². The fourth-order valence-corrected chi connectivity index (χ4v) is 0.810. The Hall–Kier alpha value is -0.960. The van der Waals surface area contributed by atoms with Gasteiger partial charge < -0.3 is 5.11 Å². The lowest BCUT2D eigenvalue weighted by Crippen LogP contribution is -1.81. The number of hydrogen-bond acceptors (Lipinski definition) is 1. The van der Waals surface area contributed by atoms with Gasteiger partial charge in [0.05, 0.1) is 6.61 Å². The molecule has 0 saturated heterocycles. The van der Waals surface area contributed by atoms with E-state index in [1.54, 1.807) is 0 Å². The molecule has 0 bridgehead atoms. The lowest BCUT2D eigenvalue weighted by molar-refractivity contribution is 0.282. The molecule has 1 rings (SSSR count). The number of aliphatic hydroxyl groups excluding tert-OH is 1. The van der Waals surface area contributed by atoms with Crippen LogP contribution in [0.5, 0.6) is 0 Å². The van der Waals surface area contributed by atoms with Gasteiger partial charge in [0.2, 0.25) is 6.93 Å². The number of alkyl halides is 2. The van der Waals surface area contributed by atoms with Gasteiger partial charge in [0, 0.05) is 0 Å². The summed E-state index contributed by atoms with van der Waals surface area (Å²) in [5.74, 6) is 0. The topological polar surface area (TPSA) is 20.2 Å². The number of hydrogen-bond donors (Lipinski definition) is 1. The van der Waals surface area contributed by atoms with Crippen LogP contribution in [0, 0.1) is 6.92 Å². The van der Waals surface area contributed by atoms with Crippen molar-refractivity contribution in [3.05, 3.63) is 35.4 Å². The molecule has 3 heteroatoms. The van der Waals surface area contributed by atoms with Gasteiger partial charge in [-0.3, -0.25) is 0 Å². The molecule has 0 radical (unpaired) electrons. The molecule has 0 unspecified atom stereocenters. The molecule has 0 atom stereocenters. The second kappa shape index (κ2) is 6.73. The smallest absolute Gasteiger partial charge is 0.229 e. The summed E-state index contributed by atoms with van der Waals surface area (Å²) in [5, 5.41) is 8.66. The van der Waals surface area contributed by atoms with E-state index in [0.29, 0.717) is 0 Å². The molecule has 0 aliphatic rings. The highest BCUT2D eigenvalue weighted by molar-refractivity contribution is 5.21. The van der Waals surface area contributed by atoms with Gasteiger partial charge in [0.25, 0.3) is 0 Å². The number of aryl methyl sites for hydroxylation is 1. The summed E-state index contributed by atoms with van der Waals surface area (Å²) >= 11 is 0. The van der Waals surface area contributed by atoms with Gasteiger partial charge in [-0.25, -0.2) is 8.78 Å². The first-order chi connectivity index (χ1) is 5.74. The van der Waals surface area contributed by atoms with E-state index in [9.17, 15) is 8.78 Å². The van der Waals surface area contributed by atoms with Crippen LogP contribution in [0.3, 0.4) is 0 Å². The van der Waals surface area contributed by atoms with Crippen LogP contribution in [0.1, 0.15) is 11.1 Å². The zero-order valence-corrected chi connectivity index (χ0v) is 6.93. The van der Waals surface area contributed by atoms with Crippen molar-refractivity contribution in [3.63, 3.8) is 0 Å². The van der Waals surface area contributed by atoms with Crippen molar-refractivity contribution in [2.24, 2.45) is 0 Å². The predicted molar refractivity (Wildman–Crippen MR) is 44.2 cm³/mol. The number of rotatable bonds is 1. The Kier molecular flexibility index (Phi) is 6.19. The second-order valence-corrected chi connectivity index (χ2v) is 2.25. The van der Waals surface area contributed by atoms with Crippen LogP contribution < -0.4 is 0 Å². The van der Waals surface area contributed by atoms with Gasteiger partial charge in [0.1, 0.15) is 0 Å². The molecule has 12 heavy (non-hydrogen) atoms. The van der Waals surface area contributed by atoms with Gasteiger partial charge >= 0.3 is 0 Å². The lowest BCUT2D eigenvalue weighted by Gasteiger charge is -1.94. The average Bonchev–Trinajstić information content (AvgIpc) is 2.06. The van der Waals surface area contributed by atoms with Crippen molar-refractivity contribution in [2.75, 3.05) is 6.93 Å². The maximum atomic E-state index is 9.62. The Morgan fingerprint density at radius 3 is 2.25 bits per heavy atom. The summed E-state index contributed by atoms with van der Waals surface area (Å²) < 4.78 is 19.2. The van der Waals surface area contributed by atoms with Crippen LogP contribution in [0.2, 0.25) is 0 Å². The largest absolute Gasteiger partial charge is 0.392 e. The minimum Gasteiger partial charge on any atom is -0.392 e. The van der Waals surface area contributed by atoms with Gasteiger partial charge in [-0.1, -0.05) is 29.8 Å². The molecular formula is C9H12F2O. The highest BCUT2D eigenvalue weighted by Gasteiger charge is 1.86. The standard InChI is InChI=1S/C8H10O.CH2F2/c1-7-3-2-4-8(5-7)6-9;2-1-3/h2-5,9H,6H2,1H3;1H2. The minimum absolute atomic E-state index is 0.141. The highest BCUT2D eigenvalue weighted by Crippen LogP contribution is 2.02. The highest BCUT2D eigenvalue weighted by atomic mass is 19.3. The van der Waals surface area contributed by atoms with Crippen molar-refractivity contribution in [1.29, 1.82) is 0 Å². The summed E-state index contributed by atoms with van der Waals surface area (Å²) in [7, 11) is 0. The third kappa shape index (κ3) is 4.79. The molecule has 0 heterocycles. The van der Waals surface area contributed by atoms with Crippen molar-refractivity contribution >= 4 is 0 Å². The fourth-order valence-electron chi connectivity index (χ4n) is 0.810. The second-order valence-electron chi connectivity index (χ2n) is 2.25. The van der Waals surface area contributed by atoms with Crippen molar-refractivity contribution in [1.82, 2.24) is 0 Å². The molecule has 1 aromatic rings. The molecule has 0 aromatic heterocycles. The third-order valence-corrected chi connectivity index (χ3v) is 1.27. The molecule has 0 amide bonds. The Morgan fingerprint density at radius 2 is 1.92 bits per heavy atom. The monoisotopic (exact) mass is 174 g/mol. The van der Waals surface area contributed by atoms with E-state index < -0.39 is 6.93 Å². The zero-order valence-electron chi connectivity index (χ0n) is 6.93. The van der Waals surface area contributed by atoms with E-state index >= 15 is 0 Å². The van der Waals surface area contributed by atoms with Crippen LogP contribution in [0.25, 0.3) is 0 Å². The summed E-state index contributed by atoms with van der Waals surface area (Å²) in [6.07, 6.45) is 0. The Morgan fingerprint density at radius 1 is 1.33 bits per heavy atom. The number of aliphatic hydroxyl groups is 1. The Labute approximate surface area is 70.7 Å². The first-order valence-electron chi connectivity index (χ1n) is 3.53. The normalized spacial score (nSPS) is 8.67. The van der Waals surface area contributed by atoms with E-state index in [1.165, 1.54) is 5.56 Å². The van der Waals surface area contributed by atoms with E-state index in [0.717, 1.165) is 5.56 Å². The van der Waals surface area contributed by atoms with Gasteiger partial charge in [-0.15, -0.1) is 0 Å². The molecular weight excluding hydrogens is 162 g/mol. The maximum Gasteiger partial charge on any atom is 0.229 e. The summed E-state index contributed by atoms with van der Waals surface area (Å²) in [4.78, 5) is 0. The van der Waals surface area contributed by atoms with E-state index in [1.807, 2.05) is 31.2 Å². The van der Waals surface area contributed by atoms with E-state index in [4.69, 9.17) is 5.11 Å². The van der Waals surface area contributed by atoms with Crippen molar-refractivity contribution in [2.45, 2.75) is 13.5 Å². The van der Waals surface area contributed by atoms with Crippen LogP contribution in [-0.4, -0.2) is 12.0 Å². The SMILES string of the molecule is Cc1cccc(CO)c1.FCF. The zero-order chi connectivity index (χ0) is 9.40. The van der Waals surface area contributed by atoms with E-state index in [2.05, 4.69) is 0 Å². The predicted octanol–water partition coefficient (Wildman–Crippen LogP) is 2.37. The first-order valence-corrected chi connectivity index (χ1v) is 3.53. The van der Waals surface area contributed by atoms with Crippen LogP contribution in [0.15, 0.2) is 24.3 Å². The van der Waals surface area contributed by atoms with Crippen molar-refractivity contribution < 1.29 is 13.9 Å². The minimum atomic E-state index is -1.75. The summed E-state index contributed by atoms with van der Waals surface area (Å²) in [6.45, 7) is 0.404. The molecule has 1 N–H and O–H groups in total. The Bertz CT molecular complexity index is 213. The number of halogens is 2. The maximum absolute atomic E-state index is 9.62. The molecule has 1 aromatic carbocycles. The quantitative estimate of drug-likeness (QED) is 0.693. The third-order valence-electron chi connectivity index (χ3n) is 1.27. The molecule has 68 valence electrons. The molecule has 0 spiro atoms. The average molecular weight is 174 g/mol. The summed E-state index contributed by atoms with van der Waals surface area (Å²) in [5.41, 5.74) is 2.18. The van der Waals surface area contributed by atoms with Gasteiger partial charge in [-0.05, 0) is 12.5 Å². The molecule has 0 saturated carbocycles. The van der Waals surface area contributed by atoms with Gasteiger partial charge in [0.15, 0.2) is 0 Å². The molecule has 0 fully saturated rings. The first kappa shape index (κ1) is 11.0. The van der Waals surface area contributed by atoms with Gasteiger partial charge in [-0.2, -0.15) is 0 Å². The van der Waals surface area contributed by atoms with Crippen LogP contribution in [0.4, 0.5) is 8.78 Å². The molecule has 0 aliphatic heterocycles. The summed E-state index contributed by atoms with van der Waals surface area (Å²) in [6, 6.07) is 7.84. The lowest BCUT2D eigenvalue weighted by atomic mass is 10.1. The van der Waals surface area contributed by atoms with Crippen LogP contribution >= 0.6 is 0 Å². The fraction of sp³-hybridized carbons (Fsp3) is 0.333. The number of benzene rings is 1. The Balaban J connectivity index is 0.000000354.